The van der Waals surface area contributed by atoms with Gasteiger partial charge in [0.2, 0.25) is 5.91 Å². The number of nitrogens with one attached hydrogen (secondary N) is 1. The minimum atomic E-state index is -0.450. The summed E-state index contributed by atoms with van der Waals surface area (Å²) < 4.78 is 18.4. The largest absolute Gasteiger partial charge is 0.397 e. The average Bonchev–Trinajstić information content (AvgIpc) is 2.31. The zero-order valence-corrected chi connectivity index (χ0v) is 10.9. The second kappa shape index (κ2) is 5.82. The van der Waals surface area contributed by atoms with E-state index in [-0.39, 0.29) is 23.8 Å². The number of benzene rings is 1. The highest BCUT2D eigenvalue weighted by Crippen LogP contribution is 2.19. The van der Waals surface area contributed by atoms with Gasteiger partial charge in [-0.25, -0.2) is 4.39 Å². The summed E-state index contributed by atoms with van der Waals surface area (Å²) in [4.78, 5) is 11.6. The molecule has 0 unspecified atom stereocenters. The van der Waals surface area contributed by atoms with Crippen LogP contribution in [0, 0.1) is 5.82 Å². The minimum Gasteiger partial charge on any atom is -0.397 e. The van der Waals surface area contributed by atoms with Crippen molar-refractivity contribution in [1.29, 1.82) is 0 Å². The number of amides is 1. The molecule has 0 atom stereocenters. The number of halogens is 1. The molecule has 0 aliphatic carbocycles. The van der Waals surface area contributed by atoms with Crippen molar-refractivity contribution in [3.63, 3.8) is 0 Å². The third kappa shape index (κ3) is 4.33. The quantitative estimate of drug-likeness (QED) is 0.794. The molecule has 0 heterocycles. The molecule has 4 nitrogen and oxygen atoms in total. The van der Waals surface area contributed by atoms with Crippen LogP contribution in [0.4, 0.5) is 15.8 Å². The Hall–Kier alpha value is -1.62. The van der Waals surface area contributed by atoms with Gasteiger partial charge in [-0.1, -0.05) is 6.92 Å². The number of carbonyl (C=O) groups excluding carboxylic acids is 1. The van der Waals surface area contributed by atoms with E-state index in [1.165, 1.54) is 18.2 Å². The summed E-state index contributed by atoms with van der Waals surface area (Å²) in [6.07, 6.45) is 0.794. The molecule has 0 bridgehead atoms. The third-order valence-corrected chi connectivity index (χ3v) is 2.73. The van der Waals surface area contributed by atoms with Crippen molar-refractivity contribution in [2.75, 3.05) is 17.7 Å². The van der Waals surface area contributed by atoms with Crippen LogP contribution < -0.4 is 11.1 Å². The van der Waals surface area contributed by atoms with Gasteiger partial charge < -0.3 is 15.8 Å². The molecule has 0 aromatic heterocycles. The number of rotatable bonds is 5. The third-order valence-electron chi connectivity index (χ3n) is 2.73. The number of nitrogen functional groups attached to an aromatic ring is 1. The first-order chi connectivity index (χ1) is 8.34. The number of anilines is 2. The predicted molar refractivity (Wildman–Crippen MR) is 69.8 cm³/mol. The topological polar surface area (TPSA) is 64.3 Å². The second-order valence-electron chi connectivity index (χ2n) is 4.68. The monoisotopic (exact) mass is 254 g/mol. The number of nitrogens with two attached hydrogens (primary N) is 1. The molecule has 0 spiro atoms. The van der Waals surface area contributed by atoms with Crippen molar-refractivity contribution in [3.05, 3.63) is 24.0 Å². The lowest BCUT2D eigenvalue weighted by atomic mass is 10.1. The fourth-order valence-corrected chi connectivity index (χ4v) is 1.19. The van der Waals surface area contributed by atoms with Crippen LogP contribution in [-0.2, 0) is 9.53 Å². The lowest BCUT2D eigenvalue weighted by molar-refractivity contribution is -0.126. The van der Waals surface area contributed by atoms with E-state index >= 15 is 0 Å². The molecule has 0 fully saturated rings. The lowest BCUT2D eigenvalue weighted by Crippen LogP contribution is -2.29. The summed E-state index contributed by atoms with van der Waals surface area (Å²) in [5.74, 6) is -0.803. The van der Waals surface area contributed by atoms with Gasteiger partial charge in [0.25, 0.3) is 0 Å². The smallest absolute Gasteiger partial charge is 0.250 e. The van der Waals surface area contributed by atoms with Crippen molar-refractivity contribution in [1.82, 2.24) is 0 Å². The Morgan fingerprint density at radius 1 is 1.50 bits per heavy atom. The van der Waals surface area contributed by atoms with Crippen molar-refractivity contribution < 1.29 is 13.9 Å². The molecule has 0 saturated carbocycles. The molecule has 1 aromatic carbocycles. The van der Waals surface area contributed by atoms with Gasteiger partial charge >= 0.3 is 0 Å². The molecule has 1 amide bonds. The molecule has 0 radical (unpaired) electrons. The Morgan fingerprint density at radius 2 is 2.17 bits per heavy atom. The lowest BCUT2D eigenvalue weighted by Gasteiger charge is -2.23. The first-order valence-electron chi connectivity index (χ1n) is 5.83. The van der Waals surface area contributed by atoms with Gasteiger partial charge in [0.1, 0.15) is 12.4 Å². The summed E-state index contributed by atoms with van der Waals surface area (Å²) >= 11 is 0. The van der Waals surface area contributed by atoms with Crippen molar-refractivity contribution in [2.24, 2.45) is 0 Å². The number of ether oxygens (including phenoxy) is 1. The molecule has 1 rings (SSSR count). The highest BCUT2D eigenvalue weighted by molar-refractivity contribution is 5.94. The average molecular weight is 254 g/mol. The molecular weight excluding hydrogens is 235 g/mol. The molecule has 0 aliphatic rings. The van der Waals surface area contributed by atoms with Crippen LogP contribution in [-0.4, -0.2) is 18.1 Å². The van der Waals surface area contributed by atoms with Crippen LogP contribution in [0.1, 0.15) is 27.2 Å². The summed E-state index contributed by atoms with van der Waals surface area (Å²) in [6, 6.07) is 3.82. The molecule has 18 heavy (non-hydrogen) atoms. The van der Waals surface area contributed by atoms with E-state index in [1.807, 2.05) is 20.8 Å². The van der Waals surface area contributed by atoms with E-state index in [2.05, 4.69) is 5.32 Å². The van der Waals surface area contributed by atoms with Crippen LogP contribution in [0.5, 0.6) is 0 Å². The Morgan fingerprint density at radius 3 is 2.78 bits per heavy atom. The van der Waals surface area contributed by atoms with Gasteiger partial charge in [-0.05, 0) is 38.5 Å². The standard InChI is InChI=1S/C13H19FN2O2/c1-4-13(2,3)18-8-12(17)16-11-7-9(14)5-6-10(11)15/h5-7H,4,8,15H2,1-3H3,(H,16,17). The molecule has 0 aliphatic heterocycles. The van der Waals surface area contributed by atoms with Crippen LogP contribution in [0.25, 0.3) is 0 Å². The van der Waals surface area contributed by atoms with E-state index in [1.54, 1.807) is 0 Å². The van der Waals surface area contributed by atoms with Crippen molar-refractivity contribution >= 4 is 17.3 Å². The van der Waals surface area contributed by atoms with E-state index in [4.69, 9.17) is 10.5 Å². The molecule has 1 aromatic rings. The fourth-order valence-electron chi connectivity index (χ4n) is 1.19. The first-order valence-corrected chi connectivity index (χ1v) is 5.83. The fraction of sp³-hybridized carbons (Fsp3) is 0.462. The van der Waals surface area contributed by atoms with Gasteiger partial charge in [-0.15, -0.1) is 0 Å². The van der Waals surface area contributed by atoms with Crippen LogP contribution in [0.15, 0.2) is 18.2 Å². The Balaban J connectivity index is 2.57. The van der Waals surface area contributed by atoms with Crippen LogP contribution >= 0.6 is 0 Å². The van der Waals surface area contributed by atoms with Gasteiger partial charge in [-0.3, -0.25) is 4.79 Å². The zero-order valence-electron chi connectivity index (χ0n) is 10.9. The highest BCUT2D eigenvalue weighted by Gasteiger charge is 2.17. The van der Waals surface area contributed by atoms with E-state index in [0.29, 0.717) is 5.69 Å². The summed E-state index contributed by atoms with van der Waals surface area (Å²) in [6.45, 7) is 5.69. The maximum Gasteiger partial charge on any atom is 0.250 e. The predicted octanol–water partition coefficient (Wildman–Crippen LogP) is 2.55. The first kappa shape index (κ1) is 14.4. The molecular formula is C13H19FN2O2. The number of carbonyl (C=O) groups is 1. The van der Waals surface area contributed by atoms with E-state index < -0.39 is 5.82 Å². The Labute approximate surface area is 106 Å². The van der Waals surface area contributed by atoms with Gasteiger partial charge in [0.05, 0.1) is 17.0 Å². The molecule has 0 saturated heterocycles. The van der Waals surface area contributed by atoms with Crippen molar-refractivity contribution in [3.8, 4) is 0 Å². The summed E-state index contributed by atoms with van der Waals surface area (Å²) in [5, 5.41) is 2.52. The minimum absolute atomic E-state index is 0.0865. The van der Waals surface area contributed by atoms with Gasteiger partial charge in [0, 0.05) is 0 Å². The number of hydrogen-bond donors (Lipinski definition) is 2. The number of hydrogen-bond acceptors (Lipinski definition) is 3. The van der Waals surface area contributed by atoms with Gasteiger partial charge in [-0.2, -0.15) is 0 Å². The normalized spacial score (nSPS) is 11.3. The molecule has 100 valence electrons. The molecule has 3 N–H and O–H groups in total. The van der Waals surface area contributed by atoms with E-state index in [0.717, 1.165) is 6.42 Å². The maximum absolute atomic E-state index is 13.0. The maximum atomic E-state index is 13.0. The van der Waals surface area contributed by atoms with Crippen LogP contribution in [0.2, 0.25) is 0 Å². The summed E-state index contributed by atoms with van der Waals surface area (Å²) in [7, 11) is 0. The second-order valence-corrected chi connectivity index (χ2v) is 4.68. The van der Waals surface area contributed by atoms with Gasteiger partial charge in [0.15, 0.2) is 0 Å². The molecule has 5 heteroatoms. The SMILES string of the molecule is CCC(C)(C)OCC(=O)Nc1cc(F)ccc1N. The Bertz CT molecular complexity index is 433. The Kier molecular flexibility index (Phi) is 4.67. The van der Waals surface area contributed by atoms with Crippen LogP contribution in [0.3, 0.4) is 0 Å². The van der Waals surface area contributed by atoms with Crippen molar-refractivity contribution in [2.45, 2.75) is 32.8 Å². The highest BCUT2D eigenvalue weighted by atomic mass is 19.1. The van der Waals surface area contributed by atoms with E-state index in [9.17, 15) is 9.18 Å². The zero-order chi connectivity index (χ0) is 13.8. The summed E-state index contributed by atoms with van der Waals surface area (Å²) in [5.41, 5.74) is 5.85.